The van der Waals surface area contributed by atoms with Gasteiger partial charge in [0.15, 0.2) is 5.52 Å². The van der Waals surface area contributed by atoms with E-state index in [1.807, 2.05) is 18.2 Å². The summed E-state index contributed by atoms with van der Waals surface area (Å²) in [5.74, 6) is 0.827. The number of halogens is 1. The monoisotopic (exact) mass is 306 g/mol. The van der Waals surface area contributed by atoms with Crippen LogP contribution in [0.1, 0.15) is 12.2 Å². The summed E-state index contributed by atoms with van der Waals surface area (Å²) in [6.45, 7) is 0. The molecular weight excluding hydrogens is 296 g/mol. The Kier molecular flexibility index (Phi) is 2.91. The van der Waals surface area contributed by atoms with Gasteiger partial charge in [0, 0.05) is 17.1 Å². The summed E-state index contributed by atoms with van der Waals surface area (Å²) in [4.78, 5) is 19.4. The molecule has 0 aliphatic carbocycles. The summed E-state index contributed by atoms with van der Waals surface area (Å²) in [6.07, 6.45) is 1.79. The van der Waals surface area contributed by atoms with Crippen LogP contribution in [-0.2, 0) is 6.42 Å². The second kappa shape index (κ2) is 4.57. The van der Waals surface area contributed by atoms with Crippen LogP contribution in [0.15, 0.2) is 33.5 Å². The van der Waals surface area contributed by atoms with Crippen molar-refractivity contribution >= 4 is 37.9 Å². The first-order valence-corrected chi connectivity index (χ1v) is 6.88. The lowest BCUT2D eigenvalue weighted by molar-refractivity contribution is 0.568. The molecule has 0 bridgehead atoms. The lowest BCUT2D eigenvalue weighted by atomic mass is 10.2. The van der Waals surface area contributed by atoms with Crippen LogP contribution in [0, 0.1) is 0 Å². The number of nitrogens with zero attached hydrogens (tertiary/aromatic N) is 1. The normalized spacial score (nSPS) is 11.4. The Balaban J connectivity index is 2.27. The second-order valence-electron chi connectivity index (χ2n) is 4.09. The summed E-state index contributed by atoms with van der Waals surface area (Å²) >= 11 is 3.38. The van der Waals surface area contributed by atoms with E-state index in [1.54, 1.807) is 6.07 Å². The van der Waals surface area contributed by atoms with Gasteiger partial charge < -0.3 is 9.40 Å². The summed E-state index contributed by atoms with van der Waals surface area (Å²) in [5.41, 5.74) is 1.36. The molecule has 0 atom stereocenters. The number of nitrogens with one attached hydrogen (secondary N) is 1. The molecule has 0 aliphatic rings. The average Bonchev–Trinajstić information content (AvgIpc) is 2.81. The number of fused-ring (bicyclic) bond motifs is 3. The maximum atomic E-state index is 11.8. The summed E-state index contributed by atoms with van der Waals surface area (Å²) in [6, 6.07) is 7.47. The first-order chi connectivity index (χ1) is 8.79. The molecule has 0 saturated carbocycles. The van der Waals surface area contributed by atoms with Gasteiger partial charge in [-0.05, 0) is 18.6 Å². The van der Waals surface area contributed by atoms with Gasteiger partial charge in [-0.15, -0.1) is 0 Å². The van der Waals surface area contributed by atoms with Gasteiger partial charge in [0.2, 0.25) is 0 Å². The third-order valence-corrected chi connectivity index (χ3v) is 3.41. The fourth-order valence-electron chi connectivity index (χ4n) is 2.03. The number of aromatic amines is 1. The fourth-order valence-corrected chi connectivity index (χ4v) is 2.31. The van der Waals surface area contributed by atoms with E-state index in [-0.39, 0.29) is 5.63 Å². The molecule has 5 heteroatoms. The molecule has 3 aromatic rings. The van der Waals surface area contributed by atoms with Crippen LogP contribution in [0.5, 0.6) is 0 Å². The third-order valence-electron chi connectivity index (χ3n) is 2.85. The second-order valence-corrected chi connectivity index (χ2v) is 4.88. The van der Waals surface area contributed by atoms with E-state index in [0.29, 0.717) is 11.1 Å². The van der Waals surface area contributed by atoms with Crippen LogP contribution in [-0.4, -0.2) is 15.3 Å². The van der Waals surface area contributed by atoms with Gasteiger partial charge in [-0.1, -0.05) is 28.1 Å². The van der Waals surface area contributed by atoms with E-state index < -0.39 is 0 Å². The van der Waals surface area contributed by atoms with Gasteiger partial charge in [-0.25, -0.2) is 9.78 Å². The quantitative estimate of drug-likeness (QED) is 0.598. The lowest BCUT2D eigenvalue weighted by Crippen LogP contribution is -1.99. The minimum absolute atomic E-state index is 0.384. The summed E-state index contributed by atoms with van der Waals surface area (Å²) in [5, 5.41) is 1.81. The molecule has 0 amide bonds. The smallest absolute Gasteiger partial charge is 0.364 e. The molecule has 92 valence electrons. The summed E-state index contributed by atoms with van der Waals surface area (Å²) < 4.78 is 5.25. The van der Waals surface area contributed by atoms with Crippen LogP contribution in [0.3, 0.4) is 0 Å². The van der Waals surface area contributed by atoms with Crippen LogP contribution in [0.4, 0.5) is 0 Å². The van der Waals surface area contributed by atoms with E-state index >= 15 is 0 Å². The zero-order chi connectivity index (χ0) is 12.5. The van der Waals surface area contributed by atoms with Crippen molar-refractivity contribution < 1.29 is 4.42 Å². The molecule has 2 heterocycles. The number of alkyl halides is 1. The van der Waals surface area contributed by atoms with Crippen molar-refractivity contribution in [2.45, 2.75) is 12.8 Å². The Morgan fingerprint density at radius 3 is 3.00 bits per heavy atom. The third kappa shape index (κ3) is 1.84. The lowest BCUT2D eigenvalue weighted by Gasteiger charge is -1.95. The average molecular weight is 307 g/mol. The van der Waals surface area contributed by atoms with Crippen molar-refractivity contribution in [1.82, 2.24) is 9.97 Å². The van der Waals surface area contributed by atoms with Crippen molar-refractivity contribution in [3.63, 3.8) is 0 Å². The van der Waals surface area contributed by atoms with Crippen LogP contribution >= 0.6 is 15.9 Å². The van der Waals surface area contributed by atoms with Gasteiger partial charge in [0.25, 0.3) is 0 Å². The van der Waals surface area contributed by atoms with Crippen molar-refractivity contribution in [2.24, 2.45) is 0 Å². The number of rotatable bonds is 3. The first kappa shape index (κ1) is 11.5. The van der Waals surface area contributed by atoms with Crippen LogP contribution < -0.4 is 5.63 Å². The molecule has 0 radical (unpaired) electrons. The maximum Gasteiger partial charge on any atom is 0.364 e. The van der Waals surface area contributed by atoms with E-state index in [0.717, 1.165) is 34.9 Å². The fraction of sp³-hybridized carbons (Fsp3) is 0.231. The predicted octanol–water partition coefficient (Wildman–Crippen LogP) is 3.00. The number of para-hydroxylation sites is 1. The number of aromatic nitrogens is 2. The Morgan fingerprint density at radius 1 is 1.33 bits per heavy atom. The minimum atomic E-state index is -0.384. The Bertz CT molecular complexity index is 760. The van der Waals surface area contributed by atoms with Crippen LogP contribution in [0.2, 0.25) is 0 Å². The molecule has 0 aliphatic heterocycles. The van der Waals surface area contributed by atoms with E-state index in [2.05, 4.69) is 25.9 Å². The molecule has 3 rings (SSSR count). The largest absolute Gasteiger partial charge is 0.421 e. The Labute approximate surface area is 111 Å². The van der Waals surface area contributed by atoms with Gasteiger partial charge in [-0.3, -0.25) is 0 Å². The molecule has 2 aromatic heterocycles. The number of hydrogen-bond donors (Lipinski definition) is 1. The molecule has 0 saturated heterocycles. The topological polar surface area (TPSA) is 58.9 Å². The highest BCUT2D eigenvalue weighted by atomic mass is 79.9. The van der Waals surface area contributed by atoms with Gasteiger partial charge in [0.1, 0.15) is 11.4 Å². The number of H-pyrrole nitrogens is 1. The van der Waals surface area contributed by atoms with Crippen molar-refractivity contribution in [3.05, 3.63) is 40.5 Å². The standard InChI is InChI=1S/C13H11BrN2O2/c14-7-3-6-10-15-11-8-4-1-2-5-9(8)18-13(17)12(11)16-10/h1-2,4-5H,3,6-7H2,(H,15,16). The van der Waals surface area contributed by atoms with Crippen molar-refractivity contribution in [2.75, 3.05) is 5.33 Å². The molecule has 1 N–H and O–H groups in total. The highest BCUT2D eigenvalue weighted by Gasteiger charge is 2.11. The van der Waals surface area contributed by atoms with Crippen molar-refractivity contribution in [1.29, 1.82) is 0 Å². The Hall–Kier alpha value is -1.62. The Morgan fingerprint density at radius 2 is 2.17 bits per heavy atom. The highest BCUT2D eigenvalue weighted by molar-refractivity contribution is 9.09. The number of benzene rings is 1. The minimum Gasteiger partial charge on any atom is -0.421 e. The molecular formula is C13H11BrN2O2. The van der Waals surface area contributed by atoms with E-state index in [9.17, 15) is 4.79 Å². The number of aryl methyl sites for hydroxylation is 1. The number of imidazole rings is 1. The van der Waals surface area contributed by atoms with Gasteiger partial charge >= 0.3 is 5.63 Å². The summed E-state index contributed by atoms with van der Waals surface area (Å²) in [7, 11) is 0. The molecule has 4 nitrogen and oxygen atoms in total. The molecule has 0 fully saturated rings. The maximum absolute atomic E-state index is 11.8. The van der Waals surface area contributed by atoms with Crippen molar-refractivity contribution in [3.8, 4) is 0 Å². The van der Waals surface area contributed by atoms with Crippen LogP contribution in [0.25, 0.3) is 22.0 Å². The predicted molar refractivity (Wildman–Crippen MR) is 74.3 cm³/mol. The zero-order valence-electron chi connectivity index (χ0n) is 9.57. The SMILES string of the molecule is O=c1oc2ccccc2c2[nH]c(CCCBr)nc12. The zero-order valence-corrected chi connectivity index (χ0v) is 11.2. The number of hydrogen-bond acceptors (Lipinski definition) is 3. The van der Waals surface area contributed by atoms with Gasteiger partial charge in [-0.2, -0.15) is 0 Å². The molecule has 0 unspecified atom stereocenters. The molecule has 1 aromatic carbocycles. The highest BCUT2D eigenvalue weighted by Crippen LogP contribution is 2.20. The van der Waals surface area contributed by atoms with Gasteiger partial charge in [0.05, 0.1) is 5.52 Å². The molecule has 0 spiro atoms. The first-order valence-electron chi connectivity index (χ1n) is 5.76. The molecule has 18 heavy (non-hydrogen) atoms. The van der Waals surface area contributed by atoms with E-state index in [4.69, 9.17) is 4.42 Å². The van der Waals surface area contributed by atoms with E-state index in [1.165, 1.54) is 0 Å².